The molecule has 10 heteroatoms. The number of likely N-dealkylation sites (N-methyl/N-ethyl adjacent to an activating group) is 1. The third-order valence-corrected chi connectivity index (χ3v) is 9.23. The maximum absolute atomic E-state index is 13.1. The van der Waals surface area contributed by atoms with Crippen LogP contribution in [0.2, 0.25) is 10.0 Å². The SMILES string of the molecule is CCOC(=O)CCn1c(NC2CCN(CCC(CN(C)C(=O)c3ccccc3)c3ccc(Cl)c(Cl)c3)CC2)nc2ccccc21. The van der Waals surface area contributed by atoms with Crippen LogP contribution in [0.25, 0.3) is 11.0 Å². The molecule has 1 amide bonds. The number of ether oxygens (including phenoxy) is 1. The van der Waals surface area contributed by atoms with E-state index in [1.165, 1.54) is 0 Å². The van der Waals surface area contributed by atoms with Gasteiger partial charge in [0.2, 0.25) is 5.95 Å². The number of likely N-dealkylation sites (tertiary alicyclic amines) is 1. The molecule has 3 aromatic carbocycles. The van der Waals surface area contributed by atoms with E-state index in [2.05, 4.69) is 14.8 Å². The average Bonchev–Trinajstić information content (AvgIpc) is 3.40. The third kappa shape index (κ3) is 8.57. The molecule has 1 N–H and O–H groups in total. The number of amides is 1. The molecule has 0 radical (unpaired) electrons. The van der Waals surface area contributed by atoms with E-state index in [0.29, 0.717) is 41.7 Å². The Labute approximate surface area is 275 Å². The normalized spacial score (nSPS) is 14.8. The zero-order valence-electron chi connectivity index (χ0n) is 25.9. The maximum atomic E-state index is 13.1. The van der Waals surface area contributed by atoms with Crippen LogP contribution < -0.4 is 5.32 Å². The van der Waals surface area contributed by atoms with Crippen LogP contribution in [0.15, 0.2) is 72.8 Å². The summed E-state index contributed by atoms with van der Waals surface area (Å²) < 4.78 is 7.25. The third-order valence-electron chi connectivity index (χ3n) is 8.49. The van der Waals surface area contributed by atoms with Gasteiger partial charge in [0.1, 0.15) is 0 Å². The number of benzene rings is 3. The van der Waals surface area contributed by atoms with Gasteiger partial charge in [-0.15, -0.1) is 0 Å². The van der Waals surface area contributed by atoms with Crippen LogP contribution in [0, 0.1) is 0 Å². The van der Waals surface area contributed by atoms with E-state index in [1.807, 2.05) is 86.8 Å². The molecule has 1 saturated heterocycles. The van der Waals surface area contributed by atoms with Gasteiger partial charge in [-0.2, -0.15) is 0 Å². The number of aryl methyl sites for hydroxylation is 1. The average molecular weight is 651 g/mol. The fourth-order valence-electron chi connectivity index (χ4n) is 6.01. The van der Waals surface area contributed by atoms with Crippen molar-refractivity contribution >= 4 is 52.1 Å². The number of piperidine rings is 1. The predicted molar refractivity (Wildman–Crippen MR) is 181 cm³/mol. The smallest absolute Gasteiger partial charge is 0.307 e. The molecule has 1 aliphatic rings. The molecule has 1 aliphatic heterocycles. The van der Waals surface area contributed by atoms with E-state index < -0.39 is 0 Å². The number of carbonyl (C=O) groups excluding carboxylic acids is 2. The summed E-state index contributed by atoms with van der Waals surface area (Å²) in [4.78, 5) is 34.4. The number of hydrogen-bond donors (Lipinski definition) is 1. The van der Waals surface area contributed by atoms with Gasteiger partial charge in [0.15, 0.2) is 0 Å². The number of para-hydroxylation sites is 2. The van der Waals surface area contributed by atoms with Crippen LogP contribution in [-0.4, -0.2) is 77.1 Å². The molecule has 1 aromatic heterocycles. The Hall–Kier alpha value is -3.59. The summed E-state index contributed by atoms with van der Waals surface area (Å²) in [6.45, 7) is 6.10. The highest BCUT2D eigenvalue weighted by Gasteiger charge is 2.24. The van der Waals surface area contributed by atoms with Crippen molar-refractivity contribution in [3.8, 4) is 0 Å². The zero-order chi connectivity index (χ0) is 31.8. The zero-order valence-corrected chi connectivity index (χ0v) is 27.4. The number of anilines is 1. The first-order valence-corrected chi connectivity index (χ1v) is 16.4. The second kappa shape index (κ2) is 15.6. The van der Waals surface area contributed by atoms with Crippen molar-refractivity contribution in [3.63, 3.8) is 0 Å². The fraction of sp³-hybridized carbons (Fsp3) is 0.400. The van der Waals surface area contributed by atoms with Crippen LogP contribution >= 0.6 is 23.2 Å². The van der Waals surface area contributed by atoms with Gasteiger partial charge in [0, 0.05) is 50.7 Å². The molecular formula is C35H41Cl2N5O3. The van der Waals surface area contributed by atoms with Gasteiger partial charge in [0.25, 0.3) is 5.91 Å². The highest BCUT2D eigenvalue weighted by Crippen LogP contribution is 2.30. The number of carbonyl (C=O) groups is 2. The number of fused-ring (bicyclic) bond motifs is 1. The second-order valence-corrected chi connectivity index (χ2v) is 12.4. The maximum Gasteiger partial charge on any atom is 0.307 e. The van der Waals surface area contributed by atoms with Gasteiger partial charge in [0.05, 0.1) is 34.1 Å². The van der Waals surface area contributed by atoms with Crippen molar-refractivity contribution in [2.45, 2.75) is 51.1 Å². The first kappa shape index (κ1) is 32.8. The van der Waals surface area contributed by atoms with Crippen LogP contribution in [0.4, 0.5) is 5.95 Å². The molecule has 0 saturated carbocycles. The summed E-state index contributed by atoms with van der Waals surface area (Å²) in [6.07, 6.45) is 3.13. The Morgan fingerprint density at radius 1 is 1.00 bits per heavy atom. The number of halogens is 2. The van der Waals surface area contributed by atoms with Gasteiger partial charge in [-0.25, -0.2) is 4.98 Å². The molecule has 45 heavy (non-hydrogen) atoms. The van der Waals surface area contributed by atoms with Crippen molar-refractivity contribution in [1.29, 1.82) is 0 Å². The summed E-state index contributed by atoms with van der Waals surface area (Å²) in [5.41, 5.74) is 3.67. The molecule has 0 bridgehead atoms. The molecule has 8 nitrogen and oxygen atoms in total. The quantitative estimate of drug-likeness (QED) is 0.155. The van der Waals surface area contributed by atoms with Gasteiger partial charge in [-0.05, 0) is 74.7 Å². The van der Waals surface area contributed by atoms with Crippen LogP contribution in [-0.2, 0) is 16.1 Å². The molecule has 1 fully saturated rings. The number of hydrogen-bond acceptors (Lipinski definition) is 6. The van der Waals surface area contributed by atoms with Crippen molar-refractivity contribution in [3.05, 3.63) is 94.0 Å². The largest absolute Gasteiger partial charge is 0.466 e. The minimum atomic E-state index is -0.204. The lowest BCUT2D eigenvalue weighted by Gasteiger charge is -2.34. The Morgan fingerprint density at radius 2 is 1.73 bits per heavy atom. The lowest BCUT2D eigenvalue weighted by molar-refractivity contribution is -0.143. The lowest BCUT2D eigenvalue weighted by Crippen LogP contribution is -2.40. The predicted octanol–water partition coefficient (Wildman–Crippen LogP) is 7.12. The standard InChI is InChI=1S/C35H41Cl2N5O3/c1-3-45-33(43)18-22-42-32-12-8-7-11-31(32)39-35(42)38-28-16-20-41(21-17-28)19-15-27(26-13-14-29(36)30(37)23-26)24-40(2)34(44)25-9-5-4-6-10-25/h4-14,23,27-28H,3,15-22,24H2,1-2H3,(H,38,39). The molecule has 4 aromatic rings. The molecule has 2 heterocycles. The van der Waals surface area contributed by atoms with Crippen LogP contribution in [0.3, 0.4) is 0 Å². The monoisotopic (exact) mass is 649 g/mol. The number of imidazole rings is 1. The molecule has 5 rings (SSSR count). The van der Waals surface area contributed by atoms with Gasteiger partial charge >= 0.3 is 5.97 Å². The Balaban J connectivity index is 1.20. The van der Waals surface area contributed by atoms with Crippen LogP contribution in [0.5, 0.6) is 0 Å². The number of rotatable bonds is 13. The Morgan fingerprint density at radius 3 is 2.47 bits per heavy atom. The summed E-state index contributed by atoms with van der Waals surface area (Å²) in [5.74, 6) is 0.697. The molecule has 0 aliphatic carbocycles. The van der Waals surface area contributed by atoms with Crippen molar-refractivity contribution < 1.29 is 14.3 Å². The Bertz CT molecular complexity index is 1590. The molecule has 1 atom stereocenters. The van der Waals surface area contributed by atoms with E-state index in [9.17, 15) is 9.59 Å². The van der Waals surface area contributed by atoms with E-state index in [4.69, 9.17) is 32.9 Å². The highest BCUT2D eigenvalue weighted by molar-refractivity contribution is 6.42. The highest BCUT2D eigenvalue weighted by atomic mass is 35.5. The minimum Gasteiger partial charge on any atom is -0.466 e. The van der Waals surface area contributed by atoms with Crippen LogP contribution in [0.1, 0.15) is 54.4 Å². The fourth-order valence-corrected chi connectivity index (χ4v) is 6.32. The number of aromatic nitrogens is 2. The minimum absolute atomic E-state index is 0.000765. The molecular weight excluding hydrogens is 609 g/mol. The van der Waals surface area contributed by atoms with Gasteiger partial charge in [-0.3, -0.25) is 9.59 Å². The van der Waals surface area contributed by atoms with Crippen molar-refractivity contribution in [2.75, 3.05) is 45.2 Å². The van der Waals surface area contributed by atoms with Gasteiger partial charge in [-0.1, -0.05) is 59.6 Å². The summed E-state index contributed by atoms with van der Waals surface area (Å²) in [5, 5.41) is 4.72. The molecule has 1 unspecified atom stereocenters. The van der Waals surface area contributed by atoms with E-state index in [-0.39, 0.29) is 23.8 Å². The van der Waals surface area contributed by atoms with Crippen molar-refractivity contribution in [2.24, 2.45) is 0 Å². The number of nitrogens with zero attached hydrogens (tertiary/aromatic N) is 4. The van der Waals surface area contributed by atoms with E-state index >= 15 is 0 Å². The molecule has 238 valence electrons. The topological polar surface area (TPSA) is 79.7 Å². The first-order chi connectivity index (χ1) is 21.8. The number of esters is 1. The van der Waals surface area contributed by atoms with Gasteiger partial charge < -0.3 is 24.4 Å². The summed E-state index contributed by atoms with van der Waals surface area (Å²) in [7, 11) is 1.86. The van der Waals surface area contributed by atoms with E-state index in [0.717, 1.165) is 61.4 Å². The Kier molecular flexibility index (Phi) is 11.4. The molecule has 0 spiro atoms. The summed E-state index contributed by atoms with van der Waals surface area (Å²) in [6, 6.07) is 23.4. The number of nitrogens with one attached hydrogen (secondary N) is 1. The van der Waals surface area contributed by atoms with Crippen molar-refractivity contribution in [1.82, 2.24) is 19.4 Å². The van der Waals surface area contributed by atoms with E-state index in [1.54, 1.807) is 4.90 Å². The first-order valence-electron chi connectivity index (χ1n) is 15.7. The second-order valence-electron chi connectivity index (χ2n) is 11.6. The lowest BCUT2D eigenvalue weighted by atomic mass is 9.94. The summed E-state index contributed by atoms with van der Waals surface area (Å²) >= 11 is 12.6.